The maximum Gasteiger partial charge on any atom is 0.166 e. The van der Waals surface area contributed by atoms with E-state index in [4.69, 9.17) is 10.1 Å². The van der Waals surface area contributed by atoms with Crippen LogP contribution in [0.15, 0.2) is 80.7 Å². The van der Waals surface area contributed by atoms with Crippen LogP contribution >= 0.6 is 35.0 Å². The summed E-state index contributed by atoms with van der Waals surface area (Å²) in [7, 11) is 3.78. The van der Waals surface area contributed by atoms with Crippen molar-refractivity contribution >= 4 is 47.0 Å². The quantitative estimate of drug-likeness (QED) is 0.286. The largest absolute Gasteiger partial charge is 0.456 e. The summed E-state index contributed by atoms with van der Waals surface area (Å²) in [5, 5.41) is 19.9. The summed E-state index contributed by atoms with van der Waals surface area (Å²) in [4.78, 5) is 2.83. The average molecular weight is 502 g/mol. The van der Waals surface area contributed by atoms with E-state index >= 15 is 0 Å². The van der Waals surface area contributed by atoms with Crippen LogP contribution in [0.5, 0.6) is 5.75 Å². The standard InChI is InChI=1S/C23H24FN5OS3/c1-26-19(5-7-25)17-12-20(15-6-9-31-14-15)29(2)13-22(17)30-21-4-3-16(11-18(21)24)33-28-23-27-8-10-32-23/h3-12,14,23,25-28H,13H2,1-2H3/b19-5-,25-7?. The summed E-state index contributed by atoms with van der Waals surface area (Å²) in [6, 6.07) is 7.01. The number of halogens is 1. The Morgan fingerprint density at radius 3 is 2.94 bits per heavy atom. The Morgan fingerprint density at radius 1 is 1.39 bits per heavy atom. The molecule has 0 fully saturated rings. The Balaban J connectivity index is 1.60. The van der Waals surface area contributed by atoms with Crippen LogP contribution in [0.25, 0.3) is 5.70 Å². The second-order valence-electron chi connectivity index (χ2n) is 7.13. The highest BCUT2D eigenvalue weighted by Gasteiger charge is 2.23. The van der Waals surface area contributed by atoms with Crippen LogP contribution in [-0.2, 0) is 0 Å². The van der Waals surface area contributed by atoms with Crippen molar-refractivity contribution in [3.8, 4) is 5.75 Å². The lowest BCUT2D eigenvalue weighted by Gasteiger charge is -2.30. The highest BCUT2D eigenvalue weighted by Crippen LogP contribution is 2.33. The van der Waals surface area contributed by atoms with Crippen molar-refractivity contribution in [3.05, 3.63) is 87.2 Å². The number of nitrogens with zero attached hydrogens (tertiary/aromatic N) is 1. The molecular weight excluding hydrogens is 477 g/mol. The molecule has 4 rings (SSSR count). The molecule has 0 bridgehead atoms. The first-order valence-corrected chi connectivity index (χ1v) is 12.8. The molecule has 2 aromatic rings. The second-order valence-corrected chi connectivity index (χ2v) is 9.84. The number of thiophene rings is 1. The number of hydrogen-bond donors (Lipinski definition) is 4. The fourth-order valence-corrected chi connectivity index (χ4v) is 5.46. The van der Waals surface area contributed by atoms with Crippen molar-refractivity contribution in [1.82, 2.24) is 20.3 Å². The van der Waals surface area contributed by atoms with Gasteiger partial charge in [-0.25, -0.2) is 9.11 Å². The van der Waals surface area contributed by atoms with E-state index in [0.717, 1.165) is 27.4 Å². The highest BCUT2D eigenvalue weighted by molar-refractivity contribution is 8.04. The molecule has 0 radical (unpaired) electrons. The summed E-state index contributed by atoms with van der Waals surface area (Å²) >= 11 is 4.61. The van der Waals surface area contributed by atoms with Gasteiger partial charge in [-0.3, -0.25) is 0 Å². The maximum absolute atomic E-state index is 14.9. The first kappa shape index (κ1) is 23.5. The highest BCUT2D eigenvalue weighted by atomic mass is 32.2. The zero-order chi connectivity index (χ0) is 23.2. The normalized spacial score (nSPS) is 18.3. The summed E-state index contributed by atoms with van der Waals surface area (Å²) in [6.45, 7) is 0.461. The van der Waals surface area contributed by atoms with Gasteiger partial charge in [0, 0.05) is 59.3 Å². The predicted octanol–water partition coefficient (Wildman–Crippen LogP) is 4.95. The van der Waals surface area contributed by atoms with Crippen molar-refractivity contribution in [2.45, 2.75) is 10.4 Å². The van der Waals surface area contributed by atoms with E-state index in [1.165, 1.54) is 24.2 Å². The molecule has 2 aliphatic rings. The SMILES string of the molecule is CN/C(=C\C=N)C1=C(Oc2ccc(SNC3NC=CS3)cc2F)CN(C)C(c2ccsc2)=C1. The van der Waals surface area contributed by atoms with Gasteiger partial charge in [-0.15, -0.1) is 0 Å². The molecule has 0 amide bonds. The third-order valence-corrected chi connectivity index (χ3v) is 7.45. The first-order chi connectivity index (χ1) is 16.1. The van der Waals surface area contributed by atoms with Crippen molar-refractivity contribution in [2.24, 2.45) is 0 Å². The minimum absolute atomic E-state index is 0.0595. The van der Waals surface area contributed by atoms with E-state index in [1.807, 2.05) is 36.2 Å². The predicted molar refractivity (Wildman–Crippen MR) is 138 cm³/mol. The topological polar surface area (TPSA) is 72.4 Å². The molecule has 0 aliphatic carbocycles. The van der Waals surface area contributed by atoms with Gasteiger partial charge in [0.2, 0.25) is 0 Å². The molecule has 6 nitrogen and oxygen atoms in total. The van der Waals surface area contributed by atoms with E-state index in [0.29, 0.717) is 12.3 Å². The van der Waals surface area contributed by atoms with Gasteiger partial charge in [-0.1, -0.05) is 11.8 Å². The van der Waals surface area contributed by atoms with Crippen LogP contribution in [0, 0.1) is 11.2 Å². The third-order valence-electron chi connectivity index (χ3n) is 4.95. The molecule has 1 aromatic carbocycles. The van der Waals surface area contributed by atoms with Crippen molar-refractivity contribution in [1.29, 1.82) is 5.41 Å². The molecule has 172 valence electrons. The van der Waals surface area contributed by atoms with Gasteiger partial charge < -0.3 is 25.7 Å². The zero-order valence-electron chi connectivity index (χ0n) is 18.1. The third kappa shape index (κ3) is 5.64. The van der Waals surface area contributed by atoms with Crippen molar-refractivity contribution in [2.75, 3.05) is 20.6 Å². The van der Waals surface area contributed by atoms with Gasteiger partial charge in [-0.05, 0) is 59.2 Å². The van der Waals surface area contributed by atoms with Crippen LogP contribution < -0.4 is 20.1 Å². The summed E-state index contributed by atoms with van der Waals surface area (Å²) < 4.78 is 24.3. The smallest absolute Gasteiger partial charge is 0.166 e. The lowest BCUT2D eigenvalue weighted by atomic mass is 10.0. The van der Waals surface area contributed by atoms with Crippen LogP contribution in [0.3, 0.4) is 0 Å². The van der Waals surface area contributed by atoms with E-state index in [9.17, 15) is 4.39 Å². The van der Waals surface area contributed by atoms with E-state index in [2.05, 4.69) is 31.7 Å². The molecule has 0 saturated carbocycles. The lowest BCUT2D eigenvalue weighted by Crippen LogP contribution is -2.28. The minimum Gasteiger partial charge on any atom is -0.456 e. The van der Waals surface area contributed by atoms with E-state index in [1.54, 1.807) is 42.3 Å². The monoisotopic (exact) mass is 501 g/mol. The molecule has 4 N–H and O–H groups in total. The summed E-state index contributed by atoms with van der Waals surface area (Å²) in [5.41, 5.74) is 3.72. The molecular formula is C23H24FN5OS3. The minimum atomic E-state index is -0.434. The lowest BCUT2D eigenvalue weighted by molar-refractivity contribution is 0.338. The Labute approximate surface area is 205 Å². The van der Waals surface area contributed by atoms with Gasteiger partial charge >= 0.3 is 0 Å². The van der Waals surface area contributed by atoms with Crippen LogP contribution in [0.1, 0.15) is 5.56 Å². The Bertz CT molecular complexity index is 1120. The first-order valence-electron chi connectivity index (χ1n) is 10.1. The molecule has 0 saturated heterocycles. The fraction of sp³-hybridized carbons (Fsp3) is 0.174. The number of nitrogens with one attached hydrogen (secondary N) is 4. The molecule has 10 heteroatoms. The number of ether oxygens (including phenoxy) is 1. The molecule has 1 unspecified atom stereocenters. The summed E-state index contributed by atoms with van der Waals surface area (Å²) in [6.07, 6.45) is 6.77. The molecule has 0 spiro atoms. The van der Waals surface area contributed by atoms with Gasteiger partial charge in [-0.2, -0.15) is 11.3 Å². The number of thioether (sulfide) groups is 1. The van der Waals surface area contributed by atoms with E-state index in [-0.39, 0.29) is 11.2 Å². The van der Waals surface area contributed by atoms with Gasteiger partial charge in [0.1, 0.15) is 11.3 Å². The number of allylic oxidation sites excluding steroid dienone is 2. The number of rotatable bonds is 9. The second kappa shape index (κ2) is 11.0. The molecule has 3 heterocycles. The molecule has 1 atom stereocenters. The fourth-order valence-electron chi connectivity index (χ4n) is 3.36. The summed E-state index contributed by atoms with van der Waals surface area (Å²) in [5.74, 6) is 0.332. The Kier molecular flexibility index (Phi) is 7.81. The molecule has 33 heavy (non-hydrogen) atoms. The van der Waals surface area contributed by atoms with Gasteiger partial charge in [0.25, 0.3) is 0 Å². The van der Waals surface area contributed by atoms with Crippen LogP contribution in [0.2, 0.25) is 0 Å². The van der Waals surface area contributed by atoms with Gasteiger partial charge in [0.05, 0.1) is 6.54 Å². The Morgan fingerprint density at radius 2 is 2.27 bits per heavy atom. The maximum atomic E-state index is 14.9. The van der Waals surface area contributed by atoms with Crippen LogP contribution in [-0.4, -0.2) is 37.3 Å². The van der Waals surface area contributed by atoms with Crippen molar-refractivity contribution < 1.29 is 9.13 Å². The number of hydrogen-bond acceptors (Lipinski definition) is 9. The average Bonchev–Trinajstić information content (AvgIpc) is 3.53. The zero-order valence-corrected chi connectivity index (χ0v) is 20.5. The number of benzene rings is 1. The Hall–Kier alpha value is -2.66. The van der Waals surface area contributed by atoms with Crippen molar-refractivity contribution in [3.63, 3.8) is 0 Å². The van der Waals surface area contributed by atoms with Gasteiger partial charge in [0.15, 0.2) is 11.6 Å². The molecule has 2 aliphatic heterocycles. The van der Waals surface area contributed by atoms with E-state index < -0.39 is 5.82 Å². The number of likely N-dealkylation sites (N-methyl/N-ethyl adjacent to an activating group) is 2. The van der Waals surface area contributed by atoms with Crippen LogP contribution in [0.4, 0.5) is 4.39 Å². The molecule has 1 aromatic heterocycles.